The van der Waals surface area contributed by atoms with Crippen molar-refractivity contribution in [2.24, 2.45) is 0 Å². The summed E-state index contributed by atoms with van der Waals surface area (Å²) in [5, 5.41) is 11.2. The van der Waals surface area contributed by atoms with Crippen LogP contribution in [0.3, 0.4) is 0 Å². The van der Waals surface area contributed by atoms with Gasteiger partial charge in [-0.15, -0.1) is 10.2 Å². The van der Waals surface area contributed by atoms with E-state index < -0.39 is 10.0 Å². The van der Waals surface area contributed by atoms with Crippen molar-refractivity contribution in [1.29, 1.82) is 0 Å². The zero-order valence-corrected chi connectivity index (χ0v) is 15.8. The smallest absolute Gasteiger partial charge is 0.263 e. The minimum atomic E-state index is -3.75. The van der Waals surface area contributed by atoms with Crippen LogP contribution < -0.4 is 14.8 Å². The summed E-state index contributed by atoms with van der Waals surface area (Å²) in [6.07, 6.45) is 0.885. The number of nitrogens with one attached hydrogen (secondary N) is 2. The third-order valence-corrected chi connectivity index (χ3v) is 5.30. The van der Waals surface area contributed by atoms with E-state index in [1.54, 1.807) is 24.3 Å². The third kappa shape index (κ3) is 4.53. The number of nitrogens with zero attached hydrogens (tertiary/aromatic N) is 2. The highest BCUT2D eigenvalue weighted by atomic mass is 32.2. The molecule has 0 atom stereocenters. The number of ether oxygens (including phenoxy) is 1. The monoisotopic (exact) mass is 384 g/mol. The Morgan fingerprint density at radius 3 is 2.22 bits per heavy atom. The molecule has 0 radical (unpaired) electrons. The number of aromatic nitrogens is 2. The summed E-state index contributed by atoms with van der Waals surface area (Å²) < 4.78 is 32.3. The molecule has 0 fully saturated rings. The zero-order valence-electron chi connectivity index (χ0n) is 15.0. The molecule has 3 rings (SSSR count). The van der Waals surface area contributed by atoms with Gasteiger partial charge in [-0.05, 0) is 54.4 Å². The molecule has 0 saturated carbocycles. The van der Waals surface area contributed by atoms with E-state index in [0.717, 1.165) is 17.7 Å². The summed E-state index contributed by atoms with van der Waals surface area (Å²) >= 11 is 0. The fraction of sp³-hybridized carbons (Fsp3) is 0.158. The number of para-hydroxylation sites is 1. The first-order valence-corrected chi connectivity index (χ1v) is 9.85. The van der Waals surface area contributed by atoms with Crippen molar-refractivity contribution in [3.8, 4) is 5.75 Å². The molecule has 1 aromatic heterocycles. The molecule has 2 aromatic carbocycles. The van der Waals surface area contributed by atoms with Crippen molar-refractivity contribution in [3.05, 3.63) is 66.2 Å². The second-order valence-corrected chi connectivity index (χ2v) is 7.40. The maximum Gasteiger partial charge on any atom is 0.263 e. The fourth-order valence-electron chi connectivity index (χ4n) is 2.49. The lowest BCUT2D eigenvalue weighted by Crippen LogP contribution is -2.14. The number of aryl methyl sites for hydroxylation is 1. The first kappa shape index (κ1) is 18.7. The van der Waals surface area contributed by atoms with E-state index in [2.05, 4.69) is 27.2 Å². The van der Waals surface area contributed by atoms with E-state index in [4.69, 9.17) is 4.74 Å². The Balaban J connectivity index is 1.73. The molecule has 0 spiro atoms. The molecule has 3 aromatic rings. The molecular formula is C19H20N4O3S. The largest absolute Gasteiger partial charge is 0.497 e. The molecule has 1 heterocycles. The molecule has 0 unspecified atom stereocenters. The predicted molar refractivity (Wildman–Crippen MR) is 105 cm³/mol. The number of rotatable bonds is 7. The normalized spacial score (nSPS) is 11.0. The average molecular weight is 384 g/mol. The zero-order chi connectivity index (χ0) is 19.3. The Morgan fingerprint density at radius 1 is 0.926 bits per heavy atom. The van der Waals surface area contributed by atoms with E-state index in [9.17, 15) is 8.42 Å². The lowest BCUT2D eigenvalue weighted by Gasteiger charge is -2.11. The average Bonchev–Trinajstić information content (AvgIpc) is 2.70. The van der Waals surface area contributed by atoms with Crippen LogP contribution in [0, 0.1) is 0 Å². The number of hydrogen-bond donors (Lipinski definition) is 2. The van der Waals surface area contributed by atoms with Crippen molar-refractivity contribution in [2.45, 2.75) is 18.2 Å². The van der Waals surface area contributed by atoms with Gasteiger partial charge in [0.2, 0.25) is 0 Å². The Hall–Kier alpha value is -3.13. The van der Waals surface area contributed by atoms with Gasteiger partial charge in [-0.25, -0.2) is 8.42 Å². The second kappa shape index (κ2) is 8.05. The van der Waals surface area contributed by atoms with Gasteiger partial charge >= 0.3 is 0 Å². The summed E-state index contributed by atoms with van der Waals surface area (Å²) in [6.45, 7) is 2.07. The van der Waals surface area contributed by atoms with Gasteiger partial charge in [0.15, 0.2) is 11.6 Å². The van der Waals surface area contributed by atoms with Crippen molar-refractivity contribution in [1.82, 2.24) is 10.2 Å². The van der Waals surface area contributed by atoms with Crippen LogP contribution >= 0.6 is 0 Å². The molecule has 0 amide bonds. The van der Waals surface area contributed by atoms with Crippen molar-refractivity contribution in [2.75, 3.05) is 17.1 Å². The van der Waals surface area contributed by atoms with Gasteiger partial charge in [0, 0.05) is 5.69 Å². The van der Waals surface area contributed by atoms with Crippen LogP contribution in [0.4, 0.5) is 17.3 Å². The van der Waals surface area contributed by atoms with Crippen molar-refractivity contribution >= 4 is 27.3 Å². The van der Waals surface area contributed by atoms with Gasteiger partial charge in [0.25, 0.3) is 10.0 Å². The number of anilines is 3. The molecule has 0 aliphatic carbocycles. The maximum absolute atomic E-state index is 12.4. The van der Waals surface area contributed by atoms with Crippen LogP contribution in [0.25, 0.3) is 0 Å². The summed E-state index contributed by atoms with van der Waals surface area (Å²) in [4.78, 5) is 0.115. The highest BCUT2D eigenvalue weighted by Crippen LogP contribution is 2.21. The number of benzene rings is 2. The molecule has 140 valence electrons. The summed E-state index contributed by atoms with van der Waals surface area (Å²) in [5.74, 6) is 1.25. The topological polar surface area (TPSA) is 93.2 Å². The van der Waals surface area contributed by atoms with Crippen LogP contribution in [0.5, 0.6) is 5.75 Å². The van der Waals surface area contributed by atoms with E-state index in [-0.39, 0.29) is 10.7 Å². The SMILES string of the molecule is CCc1ccccc1Nc1ccc(NS(=O)(=O)c2ccc(OC)cc2)nn1. The number of methoxy groups -OCH3 is 1. The minimum Gasteiger partial charge on any atom is -0.497 e. The van der Waals surface area contributed by atoms with E-state index >= 15 is 0 Å². The number of hydrogen-bond acceptors (Lipinski definition) is 6. The van der Waals surface area contributed by atoms with Crippen LogP contribution in [0.2, 0.25) is 0 Å². The summed E-state index contributed by atoms with van der Waals surface area (Å²) in [7, 11) is -2.23. The van der Waals surface area contributed by atoms with Crippen LogP contribution in [0.1, 0.15) is 12.5 Å². The quantitative estimate of drug-likeness (QED) is 0.647. The molecule has 27 heavy (non-hydrogen) atoms. The van der Waals surface area contributed by atoms with Gasteiger partial charge in [0.05, 0.1) is 12.0 Å². The standard InChI is InChI=1S/C19H20N4O3S/c1-3-14-6-4-5-7-17(14)20-18-12-13-19(22-21-18)23-27(24,25)16-10-8-15(26-2)9-11-16/h4-13H,3H2,1-2H3,(H,20,21)(H,22,23). The highest BCUT2D eigenvalue weighted by Gasteiger charge is 2.15. The molecule has 0 bridgehead atoms. The summed E-state index contributed by atoms with van der Waals surface area (Å²) in [6, 6.07) is 17.2. The van der Waals surface area contributed by atoms with Gasteiger partial charge < -0.3 is 10.1 Å². The Labute approximate surface area is 158 Å². The second-order valence-electron chi connectivity index (χ2n) is 5.72. The Bertz CT molecular complexity index is 1000. The lowest BCUT2D eigenvalue weighted by atomic mass is 10.1. The Morgan fingerprint density at radius 2 is 1.59 bits per heavy atom. The van der Waals surface area contributed by atoms with Gasteiger partial charge in [-0.3, -0.25) is 4.72 Å². The van der Waals surface area contributed by atoms with E-state index in [1.807, 2.05) is 24.3 Å². The van der Waals surface area contributed by atoms with Crippen LogP contribution in [-0.2, 0) is 16.4 Å². The van der Waals surface area contributed by atoms with Gasteiger partial charge in [-0.1, -0.05) is 25.1 Å². The van der Waals surface area contributed by atoms with Crippen molar-refractivity contribution < 1.29 is 13.2 Å². The van der Waals surface area contributed by atoms with Crippen molar-refractivity contribution in [3.63, 3.8) is 0 Å². The maximum atomic E-state index is 12.4. The fourth-order valence-corrected chi connectivity index (χ4v) is 3.49. The molecule has 0 aliphatic heterocycles. The van der Waals surface area contributed by atoms with E-state index in [1.165, 1.54) is 19.2 Å². The molecule has 0 saturated heterocycles. The predicted octanol–water partition coefficient (Wildman–Crippen LogP) is 3.59. The highest BCUT2D eigenvalue weighted by molar-refractivity contribution is 7.92. The van der Waals surface area contributed by atoms with E-state index in [0.29, 0.717) is 11.6 Å². The minimum absolute atomic E-state index is 0.115. The van der Waals surface area contributed by atoms with Gasteiger partial charge in [0.1, 0.15) is 5.75 Å². The van der Waals surface area contributed by atoms with Gasteiger partial charge in [-0.2, -0.15) is 0 Å². The molecule has 0 aliphatic rings. The molecule has 7 nitrogen and oxygen atoms in total. The molecule has 2 N–H and O–H groups in total. The molecule has 8 heteroatoms. The Kier molecular flexibility index (Phi) is 5.56. The molecular weight excluding hydrogens is 364 g/mol. The first-order valence-electron chi connectivity index (χ1n) is 8.37. The van der Waals surface area contributed by atoms with Crippen LogP contribution in [0.15, 0.2) is 65.6 Å². The first-order chi connectivity index (χ1) is 13.0. The third-order valence-electron chi connectivity index (χ3n) is 3.93. The lowest BCUT2D eigenvalue weighted by molar-refractivity contribution is 0.414. The number of sulfonamides is 1. The van der Waals surface area contributed by atoms with Crippen LogP contribution in [-0.4, -0.2) is 25.7 Å². The summed E-state index contributed by atoms with van der Waals surface area (Å²) in [5.41, 5.74) is 2.10.